The predicted octanol–water partition coefficient (Wildman–Crippen LogP) is 2.84. The van der Waals surface area contributed by atoms with Crippen LogP contribution in [0.4, 0.5) is 5.69 Å². The van der Waals surface area contributed by atoms with Gasteiger partial charge in [0.25, 0.3) is 0 Å². The van der Waals surface area contributed by atoms with Gasteiger partial charge in [0, 0.05) is 28.6 Å². The molecule has 1 heterocycles. The van der Waals surface area contributed by atoms with E-state index in [-0.39, 0.29) is 11.5 Å². The Morgan fingerprint density at radius 1 is 0.947 bits per heavy atom. The van der Waals surface area contributed by atoms with Crippen molar-refractivity contribution in [1.82, 2.24) is 0 Å². The molecule has 0 radical (unpaired) electrons. The molecule has 100 valence electrons. The smallest absolute Gasteiger partial charge is 0.153 e. The second-order valence-electron chi connectivity index (χ2n) is 4.75. The van der Waals surface area contributed by atoms with E-state index in [2.05, 4.69) is 39.0 Å². The zero-order valence-corrected chi connectivity index (χ0v) is 12.7. The SMILES string of the molecule is O=S1(=O)CCN(c2ccc(Br)c3ccccc23)CC1. The third kappa shape index (κ3) is 2.49. The van der Waals surface area contributed by atoms with Crippen molar-refractivity contribution in [2.24, 2.45) is 0 Å². The van der Waals surface area contributed by atoms with Crippen LogP contribution in [0.1, 0.15) is 0 Å². The highest BCUT2D eigenvalue weighted by molar-refractivity contribution is 9.10. The Kier molecular flexibility index (Phi) is 3.27. The topological polar surface area (TPSA) is 37.4 Å². The highest BCUT2D eigenvalue weighted by Gasteiger charge is 2.22. The second kappa shape index (κ2) is 4.80. The first-order valence-electron chi connectivity index (χ1n) is 6.19. The maximum atomic E-state index is 11.5. The van der Waals surface area contributed by atoms with Gasteiger partial charge in [0.15, 0.2) is 9.84 Å². The first-order valence-corrected chi connectivity index (χ1v) is 8.81. The van der Waals surface area contributed by atoms with Crippen LogP contribution in [0.2, 0.25) is 0 Å². The molecule has 0 spiro atoms. The molecule has 1 aliphatic rings. The Morgan fingerprint density at radius 3 is 2.26 bits per heavy atom. The van der Waals surface area contributed by atoms with E-state index in [0.29, 0.717) is 13.1 Å². The van der Waals surface area contributed by atoms with Crippen LogP contribution in [-0.2, 0) is 9.84 Å². The molecule has 0 amide bonds. The molecule has 0 N–H and O–H groups in total. The van der Waals surface area contributed by atoms with Gasteiger partial charge in [0.2, 0.25) is 0 Å². The van der Waals surface area contributed by atoms with E-state index in [1.807, 2.05) is 18.2 Å². The van der Waals surface area contributed by atoms with Gasteiger partial charge < -0.3 is 4.90 Å². The van der Waals surface area contributed by atoms with Crippen molar-refractivity contribution in [2.75, 3.05) is 29.5 Å². The Hall–Kier alpha value is -1.07. The first-order chi connectivity index (χ1) is 9.07. The first kappa shape index (κ1) is 12.9. The average Bonchev–Trinajstić information content (AvgIpc) is 2.40. The quantitative estimate of drug-likeness (QED) is 0.801. The van der Waals surface area contributed by atoms with E-state index in [4.69, 9.17) is 0 Å². The summed E-state index contributed by atoms with van der Waals surface area (Å²) < 4.78 is 24.1. The molecule has 1 fully saturated rings. The number of benzene rings is 2. The molecule has 0 aromatic heterocycles. The minimum Gasteiger partial charge on any atom is -0.369 e. The van der Waals surface area contributed by atoms with Crippen molar-refractivity contribution in [3.8, 4) is 0 Å². The summed E-state index contributed by atoms with van der Waals surface area (Å²) >= 11 is 3.56. The number of nitrogens with zero attached hydrogens (tertiary/aromatic N) is 1. The number of sulfone groups is 1. The largest absolute Gasteiger partial charge is 0.369 e. The van der Waals surface area contributed by atoms with Crippen LogP contribution in [0.15, 0.2) is 40.9 Å². The summed E-state index contributed by atoms with van der Waals surface area (Å²) in [6.45, 7) is 1.15. The fourth-order valence-electron chi connectivity index (χ4n) is 2.48. The van der Waals surface area contributed by atoms with Crippen molar-refractivity contribution in [3.63, 3.8) is 0 Å². The molecule has 0 bridgehead atoms. The Bertz CT molecular complexity index is 713. The molecule has 3 rings (SSSR count). The molecule has 0 saturated carbocycles. The van der Waals surface area contributed by atoms with Crippen LogP contribution in [0, 0.1) is 0 Å². The van der Waals surface area contributed by atoms with Crippen molar-refractivity contribution < 1.29 is 8.42 Å². The zero-order valence-electron chi connectivity index (χ0n) is 10.3. The van der Waals surface area contributed by atoms with Crippen molar-refractivity contribution in [2.45, 2.75) is 0 Å². The molecule has 0 aliphatic carbocycles. The van der Waals surface area contributed by atoms with Crippen LogP contribution < -0.4 is 4.90 Å². The second-order valence-corrected chi connectivity index (χ2v) is 7.91. The summed E-state index contributed by atoms with van der Waals surface area (Å²) in [6, 6.07) is 12.3. The molecular formula is C14H14BrNO2S. The normalized spacial score (nSPS) is 18.7. The highest BCUT2D eigenvalue weighted by Crippen LogP contribution is 2.32. The summed E-state index contributed by atoms with van der Waals surface area (Å²) in [5.74, 6) is 0.495. The van der Waals surface area contributed by atoms with Crippen LogP contribution in [0.5, 0.6) is 0 Å². The minimum absolute atomic E-state index is 0.247. The molecule has 2 aromatic carbocycles. The van der Waals surface area contributed by atoms with Gasteiger partial charge in [-0.25, -0.2) is 8.42 Å². The van der Waals surface area contributed by atoms with Crippen molar-refractivity contribution >= 4 is 42.2 Å². The number of hydrogen-bond acceptors (Lipinski definition) is 3. The van der Waals surface area contributed by atoms with Crippen molar-refractivity contribution in [3.05, 3.63) is 40.9 Å². The maximum absolute atomic E-state index is 11.5. The molecule has 19 heavy (non-hydrogen) atoms. The molecule has 2 aromatic rings. The monoisotopic (exact) mass is 339 g/mol. The number of fused-ring (bicyclic) bond motifs is 1. The highest BCUT2D eigenvalue weighted by atomic mass is 79.9. The van der Waals surface area contributed by atoms with E-state index in [0.717, 1.165) is 20.9 Å². The third-order valence-electron chi connectivity index (χ3n) is 3.53. The van der Waals surface area contributed by atoms with Gasteiger partial charge in [-0.2, -0.15) is 0 Å². The number of halogens is 1. The lowest BCUT2D eigenvalue weighted by Crippen LogP contribution is -2.40. The van der Waals surface area contributed by atoms with Crippen LogP contribution in [0.25, 0.3) is 10.8 Å². The molecule has 0 unspecified atom stereocenters. The van der Waals surface area contributed by atoms with Gasteiger partial charge in [0.1, 0.15) is 0 Å². The lowest BCUT2D eigenvalue weighted by atomic mass is 10.1. The molecule has 3 nitrogen and oxygen atoms in total. The van der Waals surface area contributed by atoms with E-state index < -0.39 is 9.84 Å². The van der Waals surface area contributed by atoms with Crippen molar-refractivity contribution in [1.29, 1.82) is 0 Å². The lowest BCUT2D eigenvalue weighted by Gasteiger charge is -2.30. The number of anilines is 1. The Balaban J connectivity index is 2.05. The van der Waals surface area contributed by atoms with E-state index in [1.165, 1.54) is 0 Å². The van der Waals surface area contributed by atoms with Gasteiger partial charge in [-0.15, -0.1) is 0 Å². The summed E-state index contributed by atoms with van der Waals surface area (Å²) in [5, 5.41) is 2.32. The number of rotatable bonds is 1. The number of hydrogen-bond donors (Lipinski definition) is 0. The molecule has 1 aliphatic heterocycles. The lowest BCUT2D eigenvalue weighted by molar-refractivity contribution is 0.587. The maximum Gasteiger partial charge on any atom is 0.153 e. The molecule has 1 saturated heterocycles. The van der Waals surface area contributed by atoms with Gasteiger partial charge in [-0.05, 0) is 17.5 Å². The zero-order chi connectivity index (χ0) is 13.5. The van der Waals surface area contributed by atoms with E-state index in [9.17, 15) is 8.42 Å². The molecule has 5 heteroatoms. The predicted molar refractivity (Wildman–Crippen MR) is 82.5 cm³/mol. The Morgan fingerprint density at radius 2 is 1.58 bits per heavy atom. The summed E-state index contributed by atoms with van der Waals surface area (Å²) in [7, 11) is -2.84. The van der Waals surface area contributed by atoms with Crippen LogP contribution >= 0.6 is 15.9 Å². The van der Waals surface area contributed by atoms with Gasteiger partial charge in [0.05, 0.1) is 11.5 Å². The van der Waals surface area contributed by atoms with Gasteiger partial charge in [-0.3, -0.25) is 0 Å². The van der Waals surface area contributed by atoms with E-state index >= 15 is 0 Å². The summed E-state index contributed by atoms with van der Waals surface area (Å²) in [5.41, 5.74) is 1.12. The van der Waals surface area contributed by atoms with Gasteiger partial charge >= 0.3 is 0 Å². The fraction of sp³-hybridized carbons (Fsp3) is 0.286. The van der Waals surface area contributed by atoms with Crippen LogP contribution in [0.3, 0.4) is 0 Å². The minimum atomic E-state index is -2.84. The fourth-order valence-corrected chi connectivity index (χ4v) is 4.15. The summed E-state index contributed by atoms with van der Waals surface area (Å²) in [4.78, 5) is 2.16. The van der Waals surface area contributed by atoms with E-state index in [1.54, 1.807) is 0 Å². The average molecular weight is 340 g/mol. The molecule has 0 atom stereocenters. The summed E-state index contributed by atoms with van der Waals surface area (Å²) in [6.07, 6.45) is 0. The van der Waals surface area contributed by atoms with Crippen LogP contribution in [-0.4, -0.2) is 33.0 Å². The third-order valence-corrected chi connectivity index (χ3v) is 5.83. The molecular weight excluding hydrogens is 326 g/mol. The standard InChI is InChI=1S/C14H14BrNO2S/c15-13-5-6-14(12-4-2-1-3-11(12)13)16-7-9-19(17,18)10-8-16/h1-6H,7-10H2. The van der Waals surface area contributed by atoms with Gasteiger partial charge in [-0.1, -0.05) is 40.2 Å². The Labute approximate surface area is 121 Å².